The number of carbonyl (C=O) groups excluding carboxylic acids is 1. The van der Waals surface area contributed by atoms with Crippen LogP contribution in [0.25, 0.3) is 11.8 Å². The number of amides is 1. The van der Waals surface area contributed by atoms with Gasteiger partial charge in [0.25, 0.3) is 11.5 Å². The van der Waals surface area contributed by atoms with Gasteiger partial charge in [0, 0.05) is 10.7 Å². The maximum Gasteiger partial charge on any atom is 0.278 e. The lowest BCUT2D eigenvalue weighted by atomic mass is 10.1. The Balaban J connectivity index is 2.05. The number of benzene rings is 1. The smallest absolute Gasteiger partial charge is 0.278 e. The van der Waals surface area contributed by atoms with Gasteiger partial charge in [-0.3, -0.25) is 20.0 Å². The first-order valence-corrected chi connectivity index (χ1v) is 7.74. The predicted octanol–water partition coefficient (Wildman–Crippen LogP) is 0.834. The summed E-state index contributed by atoms with van der Waals surface area (Å²) < 4.78 is 1.34. The minimum absolute atomic E-state index is 0.00561. The van der Waals surface area contributed by atoms with E-state index >= 15 is 0 Å². The molecule has 0 radical (unpaired) electrons. The van der Waals surface area contributed by atoms with Gasteiger partial charge in [0.15, 0.2) is 11.3 Å². The summed E-state index contributed by atoms with van der Waals surface area (Å²) in [5, 5.41) is 18.4. The lowest BCUT2D eigenvalue weighted by Crippen LogP contribution is -2.53. The van der Waals surface area contributed by atoms with E-state index in [1.165, 1.54) is 10.8 Å². The summed E-state index contributed by atoms with van der Waals surface area (Å²) in [4.78, 5) is 24.6. The topological polar surface area (TPSA) is 99.2 Å². The van der Waals surface area contributed by atoms with E-state index in [0.29, 0.717) is 16.4 Å². The molecule has 1 aromatic carbocycles. The van der Waals surface area contributed by atoms with E-state index in [1.54, 1.807) is 31.2 Å². The van der Waals surface area contributed by atoms with E-state index in [4.69, 9.17) is 23.8 Å². The van der Waals surface area contributed by atoms with E-state index in [0.717, 1.165) is 0 Å². The number of halogens is 1. The summed E-state index contributed by atoms with van der Waals surface area (Å²) >= 11 is 10.6. The minimum Gasteiger partial charge on any atom is -0.369 e. The molecule has 1 aliphatic heterocycles. The van der Waals surface area contributed by atoms with Gasteiger partial charge in [0.1, 0.15) is 0 Å². The Morgan fingerprint density at radius 2 is 1.96 bits per heavy atom. The molecule has 1 fully saturated rings. The molecular weight excluding hydrogens is 352 g/mol. The number of thiocarbonyl (C=S) groups is 1. The maximum atomic E-state index is 12.6. The first-order chi connectivity index (χ1) is 11.4. The van der Waals surface area contributed by atoms with Crippen LogP contribution in [0, 0.1) is 6.92 Å². The molecule has 1 aromatic heterocycles. The summed E-state index contributed by atoms with van der Waals surface area (Å²) in [5.41, 5.74) is 1.07. The van der Waals surface area contributed by atoms with Crippen LogP contribution in [0.1, 0.15) is 11.3 Å². The normalized spacial score (nSPS) is 19.3. The van der Waals surface area contributed by atoms with Crippen molar-refractivity contribution in [1.82, 2.24) is 20.4 Å². The molecule has 4 N–H and O–H groups in total. The summed E-state index contributed by atoms with van der Waals surface area (Å²) in [6.45, 7) is 1.70. The molecule has 2 aromatic rings. The van der Waals surface area contributed by atoms with Crippen LogP contribution in [0.2, 0.25) is 5.02 Å². The van der Waals surface area contributed by atoms with Crippen molar-refractivity contribution >= 4 is 40.9 Å². The zero-order chi connectivity index (χ0) is 17.4. The number of H-pyrrole nitrogens is 1. The van der Waals surface area contributed by atoms with Crippen LogP contribution in [0.5, 0.6) is 0 Å². The summed E-state index contributed by atoms with van der Waals surface area (Å²) in [7, 11) is 0. The van der Waals surface area contributed by atoms with E-state index in [-0.39, 0.29) is 21.8 Å². The summed E-state index contributed by atoms with van der Waals surface area (Å²) in [6.07, 6.45) is 0.0685. The van der Waals surface area contributed by atoms with Crippen LogP contribution in [0.4, 0.5) is 0 Å². The third kappa shape index (κ3) is 2.99. The number of nitrogens with one attached hydrogen (secondary N) is 3. The van der Waals surface area contributed by atoms with Crippen LogP contribution >= 0.6 is 23.8 Å². The molecule has 0 unspecified atom stereocenters. The Hall–Kier alpha value is -2.42. The molecule has 0 bridgehead atoms. The van der Waals surface area contributed by atoms with Gasteiger partial charge in [-0.05, 0) is 49.5 Å². The van der Waals surface area contributed by atoms with E-state index < -0.39 is 12.1 Å². The van der Waals surface area contributed by atoms with Gasteiger partial charge in [-0.1, -0.05) is 11.6 Å². The van der Waals surface area contributed by atoms with Gasteiger partial charge in [-0.25, -0.2) is 4.68 Å². The van der Waals surface area contributed by atoms with Crippen molar-refractivity contribution in [2.45, 2.75) is 13.2 Å². The Kier molecular flexibility index (Phi) is 4.27. The number of carbonyl (C=O) groups is 1. The SMILES string of the molecule is Cc1[nH]n(-c2ccc(Cl)cc2)c(=O)c1/C=C1\C(=O)NC(=S)N[C@H]1O. The van der Waals surface area contributed by atoms with Crippen molar-refractivity contribution < 1.29 is 9.90 Å². The van der Waals surface area contributed by atoms with E-state index in [1.807, 2.05) is 0 Å². The van der Waals surface area contributed by atoms with Gasteiger partial charge in [0.05, 0.1) is 16.8 Å². The van der Waals surface area contributed by atoms with E-state index in [2.05, 4.69) is 15.7 Å². The highest BCUT2D eigenvalue weighted by molar-refractivity contribution is 7.80. The number of aliphatic hydroxyl groups is 1. The minimum atomic E-state index is -1.27. The molecule has 1 saturated heterocycles. The van der Waals surface area contributed by atoms with Gasteiger partial charge in [-0.2, -0.15) is 0 Å². The number of aliphatic hydroxyl groups excluding tert-OH is 1. The second kappa shape index (κ2) is 6.23. The number of aromatic amines is 1. The zero-order valence-electron chi connectivity index (χ0n) is 12.5. The first-order valence-electron chi connectivity index (χ1n) is 6.96. The maximum absolute atomic E-state index is 12.6. The van der Waals surface area contributed by atoms with Crippen molar-refractivity contribution in [3.8, 4) is 5.69 Å². The zero-order valence-corrected chi connectivity index (χ0v) is 14.0. The number of aryl methyl sites for hydroxylation is 1. The van der Waals surface area contributed by atoms with Gasteiger partial charge in [0.2, 0.25) is 0 Å². The van der Waals surface area contributed by atoms with Crippen LogP contribution < -0.4 is 16.2 Å². The van der Waals surface area contributed by atoms with Crippen molar-refractivity contribution in [3.05, 3.63) is 56.5 Å². The quantitative estimate of drug-likeness (QED) is 0.467. The molecular formula is C15H13ClN4O3S. The number of nitrogens with zero attached hydrogens (tertiary/aromatic N) is 1. The third-order valence-corrected chi connectivity index (χ3v) is 4.03. The molecule has 1 aliphatic rings. The summed E-state index contributed by atoms with van der Waals surface area (Å²) in [6, 6.07) is 6.72. The first kappa shape index (κ1) is 16.4. The van der Waals surface area contributed by atoms with Crippen molar-refractivity contribution in [2.75, 3.05) is 0 Å². The standard InChI is InChI=1S/C15H13ClN4O3S/c1-7-10(6-11-12(21)17-15(24)18-13(11)22)14(23)20(19-7)9-4-2-8(16)3-5-9/h2-6,12,19,21H,1H3,(H2,17,18,22,24)/b11-6-/t12-/m0/s1. The third-order valence-electron chi connectivity index (χ3n) is 3.55. The lowest BCUT2D eigenvalue weighted by Gasteiger charge is -2.23. The predicted molar refractivity (Wildman–Crippen MR) is 94.0 cm³/mol. The second-order valence-electron chi connectivity index (χ2n) is 5.20. The molecule has 0 spiro atoms. The molecule has 7 nitrogen and oxygen atoms in total. The molecule has 9 heteroatoms. The highest BCUT2D eigenvalue weighted by atomic mass is 35.5. The van der Waals surface area contributed by atoms with Crippen LogP contribution in [0.3, 0.4) is 0 Å². The van der Waals surface area contributed by atoms with Crippen LogP contribution in [0.15, 0.2) is 34.6 Å². The Labute approximate surface area is 146 Å². The fraction of sp³-hybridized carbons (Fsp3) is 0.133. The van der Waals surface area contributed by atoms with Crippen molar-refractivity contribution in [2.24, 2.45) is 0 Å². The highest BCUT2D eigenvalue weighted by Crippen LogP contribution is 2.15. The molecule has 0 aliphatic carbocycles. The Morgan fingerprint density at radius 3 is 2.58 bits per heavy atom. The van der Waals surface area contributed by atoms with Gasteiger partial charge < -0.3 is 10.4 Å². The number of aromatic nitrogens is 2. The Bertz CT molecular complexity index is 914. The molecule has 1 amide bonds. The molecule has 1 atom stereocenters. The average Bonchev–Trinajstić information content (AvgIpc) is 2.79. The molecule has 24 heavy (non-hydrogen) atoms. The highest BCUT2D eigenvalue weighted by Gasteiger charge is 2.27. The van der Waals surface area contributed by atoms with Gasteiger partial charge >= 0.3 is 0 Å². The fourth-order valence-corrected chi connectivity index (χ4v) is 2.67. The van der Waals surface area contributed by atoms with Gasteiger partial charge in [-0.15, -0.1) is 0 Å². The molecule has 0 saturated carbocycles. The van der Waals surface area contributed by atoms with Crippen molar-refractivity contribution in [3.63, 3.8) is 0 Å². The Morgan fingerprint density at radius 1 is 1.29 bits per heavy atom. The molecule has 3 rings (SSSR count). The molecule has 124 valence electrons. The lowest BCUT2D eigenvalue weighted by molar-refractivity contribution is -0.117. The number of rotatable bonds is 2. The van der Waals surface area contributed by atoms with Crippen LogP contribution in [-0.2, 0) is 4.79 Å². The summed E-state index contributed by atoms with van der Waals surface area (Å²) in [5.74, 6) is -0.552. The van der Waals surface area contributed by atoms with Crippen LogP contribution in [-0.4, -0.2) is 32.1 Å². The number of hydrogen-bond acceptors (Lipinski definition) is 4. The van der Waals surface area contributed by atoms with E-state index in [9.17, 15) is 14.7 Å². The average molecular weight is 365 g/mol. The second-order valence-corrected chi connectivity index (χ2v) is 6.04. The molecule has 2 heterocycles. The fourth-order valence-electron chi connectivity index (χ4n) is 2.34. The largest absolute Gasteiger partial charge is 0.369 e. The van der Waals surface area contributed by atoms with Crippen molar-refractivity contribution in [1.29, 1.82) is 0 Å². The monoisotopic (exact) mass is 364 g/mol. The number of hydrogen-bond donors (Lipinski definition) is 4.